The third-order valence-electron chi connectivity index (χ3n) is 7.84. The maximum absolute atomic E-state index is 13.5. The molecule has 0 fully saturated rings. The van der Waals surface area contributed by atoms with Crippen LogP contribution in [0.2, 0.25) is 0 Å². The molecule has 5 rings (SSSR count). The second kappa shape index (κ2) is 13.3. The van der Waals surface area contributed by atoms with E-state index in [1.165, 1.54) is 12.1 Å². The summed E-state index contributed by atoms with van der Waals surface area (Å²) in [5.41, 5.74) is 10.7. The van der Waals surface area contributed by atoms with E-state index >= 15 is 0 Å². The first-order valence-electron chi connectivity index (χ1n) is 14.5. The number of ether oxygens (including phenoxy) is 1. The highest BCUT2D eigenvalue weighted by Crippen LogP contribution is 2.40. The molecule has 2 atom stereocenters. The van der Waals surface area contributed by atoms with Crippen LogP contribution in [0.5, 0.6) is 5.75 Å². The summed E-state index contributed by atoms with van der Waals surface area (Å²) in [6, 6.07) is 10.4. The first kappa shape index (κ1) is 32.7. The molecule has 0 bridgehead atoms. The average Bonchev–Trinajstić information content (AvgIpc) is 3.65. The van der Waals surface area contributed by atoms with Crippen LogP contribution in [-0.4, -0.2) is 54.2 Å². The lowest BCUT2D eigenvalue weighted by Gasteiger charge is -2.25. The van der Waals surface area contributed by atoms with Crippen molar-refractivity contribution in [2.75, 3.05) is 17.5 Å². The van der Waals surface area contributed by atoms with Crippen molar-refractivity contribution in [3.8, 4) is 28.1 Å². The monoisotopic (exact) mass is 652 g/mol. The van der Waals surface area contributed by atoms with Crippen LogP contribution in [0.15, 0.2) is 61.1 Å². The Morgan fingerprint density at radius 1 is 1.07 bits per heavy atom. The second-order valence-corrected chi connectivity index (χ2v) is 12.0. The Morgan fingerprint density at radius 3 is 2.46 bits per heavy atom. The quantitative estimate of drug-likeness (QED) is 0.146. The van der Waals surface area contributed by atoms with Gasteiger partial charge < -0.3 is 20.1 Å². The van der Waals surface area contributed by atoms with Crippen LogP contribution in [0.4, 0.5) is 24.7 Å². The Kier molecular flexibility index (Phi) is 9.47. The molecule has 46 heavy (non-hydrogen) atoms. The van der Waals surface area contributed by atoms with Crippen molar-refractivity contribution in [2.45, 2.75) is 51.6 Å². The molecule has 0 aliphatic heterocycles. The largest absolute Gasteiger partial charge is 0.484 e. The third-order valence-corrected chi connectivity index (χ3v) is 8.35. The molecule has 242 valence electrons. The number of halogens is 3. The van der Waals surface area contributed by atoms with Crippen molar-refractivity contribution in [1.29, 1.82) is 0 Å². The Bertz CT molecular complexity index is 1860. The maximum atomic E-state index is 13.5. The highest BCUT2D eigenvalue weighted by molar-refractivity contribution is 8.00. The van der Waals surface area contributed by atoms with Crippen LogP contribution in [0, 0.1) is 5.82 Å². The number of hydrogen-bond donors (Lipinski definition) is 2. The van der Waals surface area contributed by atoms with Crippen molar-refractivity contribution in [1.82, 2.24) is 29.4 Å². The molecule has 3 N–H and O–H groups in total. The third kappa shape index (κ3) is 6.62. The molecule has 10 nitrogen and oxygen atoms in total. The van der Waals surface area contributed by atoms with Crippen molar-refractivity contribution in [3.63, 3.8) is 0 Å². The first-order chi connectivity index (χ1) is 21.8. The summed E-state index contributed by atoms with van der Waals surface area (Å²) in [7, 11) is 3.55. The Balaban J connectivity index is 1.55. The number of hydrogen-bond acceptors (Lipinski definition) is 8. The lowest BCUT2D eigenvalue weighted by Crippen LogP contribution is -2.37. The van der Waals surface area contributed by atoms with Crippen LogP contribution in [0.25, 0.3) is 33.3 Å². The number of nitrogens with two attached hydrogens (primary N) is 1. The zero-order valence-electron chi connectivity index (χ0n) is 26.2. The molecule has 0 saturated heterocycles. The van der Waals surface area contributed by atoms with E-state index < -0.39 is 17.9 Å². The van der Waals surface area contributed by atoms with Gasteiger partial charge in [-0.2, -0.15) is 19.0 Å². The molecule has 0 radical (unpaired) electrons. The smallest absolute Gasteiger partial charge is 0.302 e. The van der Waals surface area contributed by atoms with Crippen molar-refractivity contribution >= 4 is 40.3 Å². The fourth-order valence-electron chi connectivity index (χ4n) is 5.05. The number of nitrogens with one attached hydrogen (secondary N) is 1. The number of aryl methyl sites for hydroxylation is 1. The van der Waals surface area contributed by atoms with Crippen molar-refractivity contribution in [2.24, 2.45) is 7.05 Å². The number of rotatable bonds is 11. The molecule has 1 amide bonds. The number of benzene rings is 2. The fourth-order valence-corrected chi connectivity index (χ4v) is 5.44. The van der Waals surface area contributed by atoms with Crippen LogP contribution in [0.1, 0.15) is 45.4 Å². The molecule has 0 spiro atoms. The number of carbonyl (C=O) groups excluding carboxylic acids is 1. The van der Waals surface area contributed by atoms with Gasteiger partial charge in [-0.05, 0) is 57.5 Å². The summed E-state index contributed by atoms with van der Waals surface area (Å²) in [5.74, 6) is -2.57. The van der Waals surface area contributed by atoms with E-state index in [2.05, 4.69) is 14.8 Å². The summed E-state index contributed by atoms with van der Waals surface area (Å²) in [4.78, 5) is 19.1. The molecule has 0 aliphatic rings. The van der Waals surface area contributed by atoms with Crippen LogP contribution < -0.4 is 15.2 Å². The molecule has 14 heteroatoms. The number of anilines is 2. The topological polar surface area (TPSA) is 116 Å². The number of nitrogen functional groups attached to an aromatic ring is 1. The van der Waals surface area contributed by atoms with Gasteiger partial charge >= 0.3 is 5.76 Å². The minimum absolute atomic E-state index is 0.0451. The number of likely N-dealkylation sites (N-methyl/N-ethyl adjacent to an activating group) is 1. The SMILES string of the molecule is CC(Oc1cc(-c2nn(C)c3c(-c4cnn(C(C)C(=O)N(C)C(C)C)c4)cnc(N)c23)ccc1NSC(F)F)c1ccc(F)cc1. The van der Waals surface area contributed by atoms with Gasteiger partial charge in [-0.1, -0.05) is 18.2 Å². The number of pyridine rings is 1. The Labute approximate surface area is 268 Å². The summed E-state index contributed by atoms with van der Waals surface area (Å²) >= 11 is 0.248. The lowest BCUT2D eigenvalue weighted by atomic mass is 10.0. The summed E-state index contributed by atoms with van der Waals surface area (Å²) in [5, 5.41) is 9.83. The highest BCUT2D eigenvalue weighted by Gasteiger charge is 2.24. The first-order valence-corrected chi connectivity index (χ1v) is 15.4. The molecule has 0 aliphatic carbocycles. The minimum atomic E-state index is -2.66. The summed E-state index contributed by atoms with van der Waals surface area (Å²) < 4.78 is 51.9. The molecule has 3 heterocycles. The molecule has 5 aromatic rings. The number of amides is 1. The average molecular weight is 653 g/mol. The molecule has 0 saturated carbocycles. The lowest BCUT2D eigenvalue weighted by molar-refractivity contribution is -0.134. The van der Waals surface area contributed by atoms with Gasteiger partial charge in [0.25, 0.3) is 0 Å². The standard InChI is InChI=1S/C32H35F3N8O2S/c1-17(2)41(5)31(44)18(3)43-16-22(14-38-43)24-15-37-30(36)27-28(39-42(6)29(24)27)21-9-12-25(40-46-32(34)35)26(13-21)45-19(4)20-7-10-23(33)11-8-20/h7-19,32,40H,1-6H3,(H2,36,37). The second-order valence-electron chi connectivity index (χ2n) is 11.2. The van der Waals surface area contributed by atoms with Crippen LogP contribution in [0.3, 0.4) is 0 Å². The van der Waals surface area contributed by atoms with Crippen LogP contribution in [-0.2, 0) is 11.8 Å². The zero-order chi connectivity index (χ0) is 33.3. The van der Waals surface area contributed by atoms with E-state index in [-0.39, 0.29) is 41.3 Å². The predicted octanol–water partition coefficient (Wildman–Crippen LogP) is 7.07. The fraction of sp³-hybridized carbons (Fsp3) is 0.312. The van der Waals surface area contributed by atoms with E-state index in [4.69, 9.17) is 15.6 Å². The van der Waals surface area contributed by atoms with Gasteiger partial charge in [0, 0.05) is 61.2 Å². The Hall–Kier alpha value is -4.72. The van der Waals surface area contributed by atoms with Crippen LogP contribution >= 0.6 is 11.9 Å². The van der Waals surface area contributed by atoms with Gasteiger partial charge in [0.05, 0.1) is 22.8 Å². The van der Waals surface area contributed by atoms with E-state index in [9.17, 15) is 18.0 Å². The maximum Gasteiger partial charge on any atom is 0.302 e. The van der Waals surface area contributed by atoms with E-state index in [1.54, 1.807) is 91.1 Å². The molecule has 2 aromatic carbocycles. The van der Waals surface area contributed by atoms with E-state index in [1.807, 2.05) is 13.8 Å². The van der Waals surface area contributed by atoms with Gasteiger partial charge in [0.1, 0.15) is 35.2 Å². The number of fused-ring (bicyclic) bond motifs is 1. The zero-order valence-corrected chi connectivity index (χ0v) is 27.0. The van der Waals surface area contributed by atoms with Gasteiger partial charge in [-0.25, -0.2) is 9.37 Å². The van der Waals surface area contributed by atoms with E-state index in [0.717, 1.165) is 5.56 Å². The highest BCUT2D eigenvalue weighted by atomic mass is 32.2. The summed E-state index contributed by atoms with van der Waals surface area (Å²) in [6.45, 7) is 7.47. The predicted molar refractivity (Wildman–Crippen MR) is 175 cm³/mol. The number of carbonyl (C=O) groups is 1. The van der Waals surface area contributed by atoms with Crippen molar-refractivity contribution < 1.29 is 22.7 Å². The molecular formula is C32H35F3N8O2S. The number of nitrogens with zero attached hydrogens (tertiary/aromatic N) is 6. The molecular weight excluding hydrogens is 617 g/mol. The normalized spacial score (nSPS) is 12.9. The van der Waals surface area contributed by atoms with Gasteiger partial charge in [-0.15, -0.1) is 0 Å². The van der Waals surface area contributed by atoms with Gasteiger partial charge in [-0.3, -0.25) is 14.2 Å². The van der Waals surface area contributed by atoms with Gasteiger partial charge in [0.15, 0.2) is 0 Å². The minimum Gasteiger partial charge on any atom is -0.484 e. The van der Waals surface area contributed by atoms with Gasteiger partial charge in [0.2, 0.25) is 5.91 Å². The number of alkyl halides is 2. The summed E-state index contributed by atoms with van der Waals surface area (Å²) in [6.07, 6.45) is 4.57. The molecule has 2 unspecified atom stereocenters. The number of aromatic nitrogens is 5. The van der Waals surface area contributed by atoms with Crippen molar-refractivity contribution in [3.05, 3.63) is 72.4 Å². The van der Waals surface area contributed by atoms with E-state index in [0.29, 0.717) is 39.0 Å². The molecule has 3 aromatic heterocycles. The Morgan fingerprint density at radius 2 is 1.78 bits per heavy atom.